The number of benzene rings is 1. The average Bonchev–Trinajstić information content (AvgIpc) is 3.05. The zero-order valence-electron chi connectivity index (χ0n) is 17.4. The van der Waals surface area contributed by atoms with E-state index in [4.69, 9.17) is 18.9 Å². The number of hydrogen-bond acceptors (Lipinski definition) is 15. The molecule has 15 nitrogen and oxygen atoms in total. The molecule has 0 radical (unpaired) electrons. The Morgan fingerprint density at radius 3 is 2.09 bits per heavy atom. The van der Waals surface area contributed by atoms with E-state index in [-0.39, 0.29) is 5.56 Å². The van der Waals surface area contributed by atoms with Crippen molar-refractivity contribution < 1.29 is 74.8 Å². The maximum atomic E-state index is 12.2. The van der Waals surface area contributed by atoms with E-state index in [0.717, 1.165) is 12.1 Å². The van der Waals surface area contributed by atoms with Gasteiger partial charge in [-0.1, -0.05) is 0 Å². The molecule has 1 aromatic rings. The minimum absolute atomic E-state index is 0.369. The van der Waals surface area contributed by atoms with Crippen molar-refractivity contribution in [3.05, 3.63) is 17.7 Å². The van der Waals surface area contributed by atoms with Crippen molar-refractivity contribution in [3.8, 4) is 17.2 Å². The third-order valence-electron chi connectivity index (χ3n) is 5.57. The zero-order chi connectivity index (χ0) is 25.4. The number of carbonyl (C=O) groups is 1. The van der Waals surface area contributed by atoms with Gasteiger partial charge in [0.15, 0.2) is 23.5 Å². The predicted octanol–water partition coefficient (Wildman–Crippen LogP) is -4.41. The smallest absolute Gasteiger partial charge is 0.338 e. The van der Waals surface area contributed by atoms with Crippen molar-refractivity contribution in [1.82, 2.24) is 0 Å². The number of hydrogen-bond donors (Lipinski definition) is 10. The number of aliphatic hydroxyl groups is 7. The van der Waals surface area contributed by atoms with E-state index in [1.165, 1.54) is 0 Å². The molecule has 3 rings (SSSR count). The molecule has 0 bridgehead atoms. The topological polar surface area (TPSA) is 256 Å². The van der Waals surface area contributed by atoms with E-state index in [1.54, 1.807) is 0 Å². The Labute approximate surface area is 191 Å². The van der Waals surface area contributed by atoms with Gasteiger partial charge in [0, 0.05) is 0 Å². The van der Waals surface area contributed by atoms with Gasteiger partial charge in [0.2, 0.25) is 5.79 Å². The Morgan fingerprint density at radius 2 is 1.53 bits per heavy atom. The zero-order valence-corrected chi connectivity index (χ0v) is 17.4. The molecule has 15 heteroatoms. The van der Waals surface area contributed by atoms with E-state index in [2.05, 4.69) is 0 Å². The third-order valence-corrected chi connectivity index (χ3v) is 5.57. The third kappa shape index (κ3) is 4.76. The summed E-state index contributed by atoms with van der Waals surface area (Å²) >= 11 is 0. The van der Waals surface area contributed by atoms with Crippen LogP contribution in [0.4, 0.5) is 0 Å². The van der Waals surface area contributed by atoms with Gasteiger partial charge < -0.3 is 70.0 Å². The molecule has 1 aromatic carbocycles. The van der Waals surface area contributed by atoms with Crippen molar-refractivity contribution >= 4 is 5.97 Å². The highest BCUT2D eigenvalue weighted by molar-refractivity contribution is 5.91. The van der Waals surface area contributed by atoms with Crippen LogP contribution in [0.2, 0.25) is 0 Å². The van der Waals surface area contributed by atoms with Crippen molar-refractivity contribution in [2.45, 2.75) is 54.8 Å². The number of aromatic hydroxyl groups is 3. The molecule has 2 fully saturated rings. The van der Waals surface area contributed by atoms with E-state index in [9.17, 15) is 55.9 Å². The van der Waals surface area contributed by atoms with E-state index in [1.807, 2.05) is 0 Å². The maximum absolute atomic E-state index is 12.2. The molecule has 192 valence electrons. The Kier molecular flexibility index (Phi) is 7.83. The van der Waals surface area contributed by atoms with Gasteiger partial charge in [-0.2, -0.15) is 0 Å². The number of carbonyl (C=O) groups excluding carboxylic acids is 1. The quantitative estimate of drug-likeness (QED) is 0.127. The first-order chi connectivity index (χ1) is 16.0. The summed E-state index contributed by atoms with van der Waals surface area (Å²) in [6.07, 6.45) is -13.9. The monoisotopic (exact) mass is 494 g/mol. The lowest BCUT2D eigenvalue weighted by molar-refractivity contribution is -0.383. The molecule has 0 unspecified atom stereocenters. The fourth-order valence-corrected chi connectivity index (χ4v) is 3.58. The molecule has 0 amide bonds. The van der Waals surface area contributed by atoms with Gasteiger partial charge in [0.25, 0.3) is 0 Å². The predicted molar refractivity (Wildman–Crippen MR) is 103 cm³/mol. The van der Waals surface area contributed by atoms with Gasteiger partial charge in [0.1, 0.15) is 55.9 Å². The summed E-state index contributed by atoms with van der Waals surface area (Å²) in [5, 5.41) is 98.0. The SMILES string of the molecule is O=C(OC[C@H]1O[C@](CO)(O[C@@H]2O[C@@H](CO)[C@H](O)[C@H](O)[C@@H]2O)[C@@H](O)[C@H]1O)c1cc(O)c(O)c(O)c1. The van der Waals surface area contributed by atoms with Crippen LogP contribution in [0.1, 0.15) is 10.4 Å². The molecule has 0 aliphatic carbocycles. The number of phenolic OH excluding ortho intramolecular Hbond substituents is 3. The lowest BCUT2D eigenvalue weighted by Crippen LogP contribution is -2.62. The molecule has 2 aliphatic rings. The Balaban J connectivity index is 1.70. The highest BCUT2D eigenvalue weighted by Crippen LogP contribution is 2.37. The second kappa shape index (κ2) is 10.1. The molecular weight excluding hydrogens is 468 g/mol. The Morgan fingerprint density at radius 1 is 0.912 bits per heavy atom. The minimum Gasteiger partial charge on any atom is -0.504 e. The van der Waals surface area contributed by atoms with Crippen LogP contribution >= 0.6 is 0 Å². The summed E-state index contributed by atoms with van der Waals surface area (Å²) in [5.74, 6) is -6.00. The van der Waals surface area contributed by atoms with Crippen LogP contribution in [0.25, 0.3) is 0 Å². The average molecular weight is 494 g/mol. The molecule has 9 atom stereocenters. The minimum atomic E-state index is -2.43. The van der Waals surface area contributed by atoms with Crippen molar-refractivity contribution in [1.29, 1.82) is 0 Å². The van der Waals surface area contributed by atoms with Crippen molar-refractivity contribution in [3.63, 3.8) is 0 Å². The van der Waals surface area contributed by atoms with Gasteiger partial charge in [-0.05, 0) is 12.1 Å². The first-order valence-corrected chi connectivity index (χ1v) is 10.0. The molecular formula is C19H26O15. The number of phenols is 3. The molecule has 2 aliphatic heterocycles. The van der Waals surface area contributed by atoms with E-state index >= 15 is 0 Å². The summed E-state index contributed by atoms with van der Waals surface area (Å²) < 4.78 is 20.8. The van der Waals surface area contributed by atoms with E-state index in [0.29, 0.717) is 0 Å². The standard InChI is InChI=1S/C19H26O15/c20-3-9-12(25)14(27)15(28)18(32-9)34-19(5-21)16(29)13(26)10(33-19)4-31-17(30)6-1-7(22)11(24)8(23)2-6/h1-2,9-10,12-16,18,20-29H,3-5H2/t9-,10+,12-,13-,14-,15-,16-,18-,19+/m0/s1. The molecule has 34 heavy (non-hydrogen) atoms. The molecule has 0 spiro atoms. The van der Waals surface area contributed by atoms with Gasteiger partial charge in [-0.25, -0.2) is 4.79 Å². The van der Waals surface area contributed by atoms with Gasteiger partial charge >= 0.3 is 5.97 Å². The maximum Gasteiger partial charge on any atom is 0.338 e. The summed E-state index contributed by atoms with van der Waals surface area (Å²) in [6, 6.07) is 1.61. The molecule has 0 aromatic heterocycles. The Hall–Kier alpha value is -2.31. The fourth-order valence-electron chi connectivity index (χ4n) is 3.58. The van der Waals surface area contributed by atoms with Crippen molar-refractivity contribution in [2.75, 3.05) is 19.8 Å². The van der Waals surface area contributed by atoms with Gasteiger partial charge in [-0.15, -0.1) is 0 Å². The summed E-state index contributed by atoms with van der Waals surface area (Å²) in [4.78, 5) is 12.2. The first-order valence-electron chi connectivity index (χ1n) is 10.0. The van der Waals surface area contributed by atoms with Crippen LogP contribution in [-0.2, 0) is 18.9 Å². The lowest BCUT2D eigenvalue weighted by atomic mass is 9.99. The first kappa shape index (κ1) is 26.3. The fraction of sp³-hybridized carbons (Fsp3) is 0.632. The van der Waals surface area contributed by atoms with Gasteiger partial charge in [0.05, 0.1) is 12.2 Å². The molecule has 2 heterocycles. The number of esters is 1. The highest BCUT2D eigenvalue weighted by Gasteiger charge is 2.58. The van der Waals surface area contributed by atoms with Crippen molar-refractivity contribution in [2.24, 2.45) is 0 Å². The number of rotatable bonds is 7. The van der Waals surface area contributed by atoms with Crippen LogP contribution in [0, 0.1) is 0 Å². The summed E-state index contributed by atoms with van der Waals surface area (Å²) in [5.41, 5.74) is -0.369. The second-order valence-electron chi connectivity index (χ2n) is 7.84. The summed E-state index contributed by atoms with van der Waals surface area (Å²) in [7, 11) is 0. The van der Waals surface area contributed by atoms with Crippen LogP contribution in [0.5, 0.6) is 17.2 Å². The van der Waals surface area contributed by atoms with Gasteiger partial charge in [-0.3, -0.25) is 0 Å². The van der Waals surface area contributed by atoms with Crippen LogP contribution in [0.15, 0.2) is 12.1 Å². The van der Waals surface area contributed by atoms with Crippen LogP contribution in [0.3, 0.4) is 0 Å². The lowest BCUT2D eigenvalue weighted by Gasteiger charge is -2.43. The highest BCUT2D eigenvalue weighted by atomic mass is 16.8. The summed E-state index contributed by atoms with van der Waals surface area (Å²) in [6.45, 7) is -2.60. The van der Waals surface area contributed by atoms with Crippen LogP contribution < -0.4 is 0 Å². The van der Waals surface area contributed by atoms with Crippen LogP contribution in [-0.4, -0.2) is 132 Å². The molecule has 0 saturated carbocycles. The largest absolute Gasteiger partial charge is 0.504 e. The Bertz CT molecular complexity index is 854. The number of aliphatic hydroxyl groups excluding tert-OH is 7. The normalized spacial score (nSPS) is 38.1. The number of ether oxygens (including phenoxy) is 4. The molecule has 2 saturated heterocycles. The molecule has 10 N–H and O–H groups in total. The van der Waals surface area contributed by atoms with E-state index < -0.39 is 97.8 Å². The second-order valence-corrected chi connectivity index (χ2v) is 7.84.